The summed E-state index contributed by atoms with van der Waals surface area (Å²) in [6.07, 6.45) is 1.42. The Balaban J connectivity index is 2.34. The fourth-order valence-corrected chi connectivity index (χ4v) is 3.86. The predicted molar refractivity (Wildman–Crippen MR) is 108 cm³/mol. The fourth-order valence-electron chi connectivity index (χ4n) is 2.47. The number of carbonyl (C=O) groups excluding carboxylic acids is 3. The molecule has 4 N–H and O–H groups in total. The second kappa shape index (κ2) is 8.80. The topological polar surface area (TPSA) is 138 Å². The van der Waals surface area contributed by atoms with Gasteiger partial charge in [-0.3, -0.25) is 9.48 Å². The molecule has 0 aromatic carbocycles. The number of hydrogen-bond donors (Lipinski definition) is 3. The number of thiophene rings is 1. The third kappa shape index (κ3) is 4.12. The van der Waals surface area contributed by atoms with Gasteiger partial charge in [-0.15, -0.1) is 11.3 Å². The second-order valence-corrected chi connectivity index (χ2v) is 6.84. The summed E-state index contributed by atoms with van der Waals surface area (Å²) in [5.41, 5.74) is 6.45. The minimum absolute atomic E-state index is 0.0703. The molecule has 0 aliphatic rings. The maximum atomic E-state index is 12.2. The molecule has 0 bridgehead atoms. The Morgan fingerprint density at radius 3 is 2.43 bits per heavy atom. The number of thiocarbonyl (C=S) groups is 1. The number of methoxy groups -OCH3 is 2. The van der Waals surface area contributed by atoms with Crippen LogP contribution in [0.3, 0.4) is 0 Å². The monoisotopic (exact) mass is 425 g/mol. The number of carbonyl (C=O) groups is 3. The fraction of sp³-hybridized carbons (Fsp3) is 0.312. The lowest BCUT2D eigenvalue weighted by Crippen LogP contribution is -2.24. The van der Waals surface area contributed by atoms with Gasteiger partial charge in [-0.05, 0) is 31.6 Å². The van der Waals surface area contributed by atoms with Crippen molar-refractivity contribution in [2.75, 3.05) is 24.9 Å². The average Bonchev–Trinajstić information content (AvgIpc) is 3.21. The van der Waals surface area contributed by atoms with Crippen LogP contribution < -0.4 is 16.4 Å². The third-order valence-electron chi connectivity index (χ3n) is 3.75. The van der Waals surface area contributed by atoms with Crippen LogP contribution in [0.15, 0.2) is 6.20 Å². The third-order valence-corrected chi connectivity index (χ3v) is 5.15. The molecule has 2 aromatic rings. The zero-order valence-corrected chi connectivity index (χ0v) is 17.2. The molecule has 0 atom stereocenters. The molecule has 0 saturated heterocycles. The number of rotatable bonds is 6. The summed E-state index contributed by atoms with van der Waals surface area (Å²) in [5.74, 6) is -1.88. The highest BCUT2D eigenvalue weighted by atomic mass is 32.1. The van der Waals surface area contributed by atoms with E-state index in [1.54, 1.807) is 6.92 Å². The van der Waals surface area contributed by atoms with E-state index >= 15 is 0 Å². The van der Waals surface area contributed by atoms with Crippen molar-refractivity contribution >= 4 is 57.2 Å². The minimum Gasteiger partial charge on any atom is -0.465 e. The number of ether oxygens (including phenoxy) is 2. The highest BCUT2D eigenvalue weighted by Gasteiger charge is 2.26. The van der Waals surface area contributed by atoms with E-state index in [0.29, 0.717) is 22.8 Å². The summed E-state index contributed by atoms with van der Waals surface area (Å²) in [7, 11) is 2.48. The summed E-state index contributed by atoms with van der Waals surface area (Å²) in [4.78, 5) is 36.0. The van der Waals surface area contributed by atoms with Crippen molar-refractivity contribution in [2.24, 2.45) is 5.73 Å². The molecule has 28 heavy (non-hydrogen) atoms. The SMILES string of the molecule is CCn1ncc(NC(=S)Nc2sc(C(=O)OC)c(C)c2C(=O)OC)c1C(N)=O. The molecule has 0 unspecified atom stereocenters. The summed E-state index contributed by atoms with van der Waals surface area (Å²) in [6, 6.07) is 0. The van der Waals surface area contributed by atoms with E-state index in [1.165, 1.54) is 25.1 Å². The lowest BCUT2D eigenvalue weighted by molar-refractivity contribution is 0.0601. The second-order valence-electron chi connectivity index (χ2n) is 5.41. The lowest BCUT2D eigenvalue weighted by Gasteiger charge is -2.11. The van der Waals surface area contributed by atoms with Gasteiger partial charge >= 0.3 is 11.9 Å². The number of amides is 1. The Bertz CT molecular complexity index is 950. The number of nitrogens with zero attached hydrogens (tertiary/aromatic N) is 2. The van der Waals surface area contributed by atoms with Gasteiger partial charge in [0.2, 0.25) is 0 Å². The largest absolute Gasteiger partial charge is 0.465 e. The number of nitrogens with two attached hydrogens (primary N) is 1. The molecule has 0 aliphatic carbocycles. The first-order chi connectivity index (χ1) is 13.2. The van der Waals surface area contributed by atoms with E-state index in [9.17, 15) is 14.4 Å². The van der Waals surface area contributed by atoms with Crippen LogP contribution in [-0.2, 0) is 16.0 Å². The summed E-state index contributed by atoms with van der Waals surface area (Å²) in [5, 5.41) is 10.1. The molecule has 12 heteroatoms. The smallest absolute Gasteiger partial charge is 0.348 e. The Labute approximate surface area is 170 Å². The molecule has 2 heterocycles. The average molecular weight is 425 g/mol. The van der Waals surface area contributed by atoms with Crippen LogP contribution in [0.4, 0.5) is 10.7 Å². The first-order valence-electron chi connectivity index (χ1n) is 7.98. The van der Waals surface area contributed by atoms with Gasteiger partial charge in [0.1, 0.15) is 15.6 Å². The Hall–Kier alpha value is -2.99. The van der Waals surface area contributed by atoms with E-state index < -0.39 is 17.8 Å². The summed E-state index contributed by atoms with van der Waals surface area (Å²) in [6.45, 7) is 3.86. The van der Waals surface area contributed by atoms with Crippen LogP contribution in [0.1, 0.15) is 43.0 Å². The zero-order valence-electron chi connectivity index (χ0n) is 15.6. The maximum Gasteiger partial charge on any atom is 0.348 e. The normalized spacial score (nSPS) is 10.3. The first kappa shape index (κ1) is 21.3. The first-order valence-corrected chi connectivity index (χ1v) is 9.21. The van der Waals surface area contributed by atoms with E-state index in [1.807, 2.05) is 6.92 Å². The predicted octanol–water partition coefficient (Wildman–Crippen LogP) is 1.75. The van der Waals surface area contributed by atoms with Gasteiger partial charge in [-0.1, -0.05) is 0 Å². The number of aromatic nitrogens is 2. The van der Waals surface area contributed by atoms with Crippen molar-refractivity contribution in [1.29, 1.82) is 0 Å². The van der Waals surface area contributed by atoms with Crippen LogP contribution >= 0.6 is 23.6 Å². The minimum atomic E-state index is -0.667. The lowest BCUT2D eigenvalue weighted by atomic mass is 10.1. The molecule has 2 aromatic heterocycles. The highest BCUT2D eigenvalue weighted by molar-refractivity contribution is 7.80. The van der Waals surface area contributed by atoms with Gasteiger partial charge in [-0.25, -0.2) is 9.59 Å². The Morgan fingerprint density at radius 2 is 1.89 bits per heavy atom. The number of primary amides is 1. The van der Waals surface area contributed by atoms with Crippen LogP contribution in [0.5, 0.6) is 0 Å². The van der Waals surface area contributed by atoms with Crippen LogP contribution in [-0.4, -0.2) is 47.0 Å². The van der Waals surface area contributed by atoms with Crippen molar-refractivity contribution in [3.8, 4) is 0 Å². The van der Waals surface area contributed by atoms with Crippen LogP contribution in [0.2, 0.25) is 0 Å². The van der Waals surface area contributed by atoms with Crippen molar-refractivity contribution in [2.45, 2.75) is 20.4 Å². The highest BCUT2D eigenvalue weighted by Crippen LogP contribution is 2.34. The van der Waals surface area contributed by atoms with Crippen molar-refractivity contribution in [3.05, 3.63) is 27.9 Å². The molecule has 150 valence electrons. The van der Waals surface area contributed by atoms with E-state index in [0.717, 1.165) is 11.3 Å². The van der Waals surface area contributed by atoms with Crippen molar-refractivity contribution in [1.82, 2.24) is 9.78 Å². The molecular weight excluding hydrogens is 406 g/mol. The molecule has 1 amide bonds. The van der Waals surface area contributed by atoms with E-state index in [4.69, 9.17) is 27.4 Å². The number of hydrogen-bond acceptors (Lipinski definition) is 8. The molecule has 2 rings (SSSR count). The molecule has 0 aliphatic heterocycles. The van der Waals surface area contributed by atoms with E-state index in [2.05, 4.69) is 15.7 Å². The molecular formula is C16H19N5O5S2. The summed E-state index contributed by atoms with van der Waals surface area (Å²) < 4.78 is 11.0. The molecule has 0 fully saturated rings. The van der Waals surface area contributed by atoms with Gasteiger partial charge in [-0.2, -0.15) is 5.10 Å². The Morgan fingerprint density at radius 1 is 1.25 bits per heavy atom. The van der Waals surface area contributed by atoms with Crippen molar-refractivity contribution in [3.63, 3.8) is 0 Å². The standard InChI is InChI=1S/C16H19N5O5S2/c1-5-21-10(12(17)22)8(6-18-21)19-16(27)20-13-9(14(23)25-3)7(2)11(28-13)15(24)26-4/h6H,5H2,1-4H3,(H2,17,22)(H2,19,20,27). The summed E-state index contributed by atoms with van der Waals surface area (Å²) >= 11 is 6.26. The number of aryl methyl sites for hydroxylation is 1. The zero-order chi connectivity index (χ0) is 21.0. The molecule has 10 nitrogen and oxygen atoms in total. The Kier molecular flexibility index (Phi) is 6.70. The molecule has 0 radical (unpaired) electrons. The van der Waals surface area contributed by atoms with E-state index in [-0.39, 0.29) is 21.2 Å². The quantitative estimate of drug-likeness (QED) is 0.467. The number of nitrogens with one attached hydrogen (secondary N) is 2. The number of esters is 2. The molecule has 0 spiro atoms. The van der Waals surface area contributed by atoms with Gasteiger partial charge in [0.25, 0.3) is 5.91 Å². The molecule has 0 saturated carbocycles. The maximum absolute atomic E-state index is 12.2. The number of anilines is 2. The van der Waals surface area contributed by atoms with Crippen molar-refractivity contribution < 1.29 is 23.9 Å². The van der Waals surface area contributed by atoms with Crippen LogP contribution in [0.25, 0.3) is 0 Å². The van der Waals surface area contributed by atoms with Gasteiger partial charge in [0, 0.05) is 6.54 Å². The van der Waals surface area contributed by atoms with Gasteiger partial charge in [0.05, 0.1) is 31.7 Å². The van der Waals surface area contributed by atoms with Gasteiger partial charge in [0.15, 0.2) is 5.11 Å². The van der Waals surface area contributed by atoms with Gasteiger partial charge < -0.3 is 25.8 Å². The van der Waals surface area contributed by atoms with Crippen LogP contribution in [0, 0.1) is 6.92 Å².